The van der Waals surface area contributed by atoms with Crippen LogP contribution in [0.3, 0.4) is 0 Å². The van der Waals surface area contributed by atoms with E-state index in [0.29, 0.717) is 0 Å². The molecule has 0 heterocycles. The van der Waals surface area contributed by atoms with Gasteiger partial charge in [-0.3, -0.25) is 4.79 Å². The minimum absolute atomic E-state index is 0.0262. The van der Waals surface area contributed by atoms with E-state index in [1.807, 2.05) is 31.2 Å². The predicted octanol–water partition coefficient (Wildman–Crippen LogP) is 2.86. The molecule has 0 aliphatic rings. The molecule has 0 spiro atoms. The predicted molar refractivity (Wildman–Crippen MR) is 74.3 cm³/mol. The molecule has 0 radical (unpaired) electrons. The van der Waals surface area contributed by atoms with Crippen molar-refractivity contribution in [3.8, 4) is 5.75 Å². The quantitative estimate of drug-likeness (QED) is 0.696. The normalized spacial score (nSPS) is 12.5. The molecule has 3 nitrogen and oxygen atoms in total. The Hall–Kier alpha value is -1.35. The van der Waals surface area contributed by atoms with Crippen molar-refractivity contribution in [2.24, 2.45) is 5.92 Å². The maximum Gasteiger partial charge on any atom is 0.166 e. The van der Waals surface area contributed by atoms with Crippen LogP contribution < -0.4 is 4.74 Å². The van der Waals surface area contributed by atoms with Gasteiger partial charge in [-0.15, -0.1) is 0 Å². The zero-order chi connectivity index (χ0) is 13.5. The van der Waals surface area contributed by atoms with Crippen LogP contribution in [-0.2, 0) is 0 Å². The number of carbonyl (C=O) groups is 1. The molecule has 0 fully saturated rings. The second-order valence-corrected chi connectivity index (χ2v) is 4.48. The average molecular weight is 249 g/mol. The number of hydrogen-bond donors (Lipinski definition) is 0. The molecule has 1 atom stereocenters. The molecular formula is C15H23NO2. The first-order valence-electron chi connectivity index (χ1n) is 6.53. The van der Waals surface area contributed by atoms with E-state index in [1.165, 1.54) is 0 Å². The molecule has 100 valence electrons. The fourth-order valence-corrected chi connectivity index (χ4v) is 1.99. The summed E-state index contributed by atoms with van der Waals surface area (Å²) in [6.45, 7) is 9.01. The van der Waals surface area contributed by atoms with Gasteiger partial charge in [0.05, 0.1) is 7.11 Å². The zero-order valence-electron chi connectivity index (χ0n) is 11.8. The number of methoxy groups -OCH3 is 1. The van der Waals surface area contributed by atoms with Gasteiger partial charge in [0.1, 0.15) is 5.75 Å². The second-order valence-electron chi connectivity index (χ2n) is 4.48. The third-order valence-corrected chi connectivity index (χ3v) is 3.25. The first kappa shape index (κ1) is 14.7. The lowest BCUT2D eigenvalue weighted by Gasteiger charge is -2.21. The summed E-state index contributed by atoms with van der Waals surface area (Å²) in [6, 6.07) is 7.33. The Labute approximate surface area is 110 Å². The molecule has 0 aliphatic carbocycles. The topological polar surface area (TPSA) is 29.5 Å². The molecule has 0 amide bonds. The number of Topliss-reactive ketones (excluding diaryl/α,β-unsaturated/α-hetero) is 1. The highest BCUT2D eigenvalue weighted by atomic mass is 16.5. The van der Waals surface area contributed by atoms with Crippen molar-refractivity contribution in [3.05, 3.63) is 29.8 Å². The van der Waals surface area contributed by atoms with Crippen molar-refractivity contribution < 1.29 is 9.53 Å². The standard InChI is InChI=1S/C15H23NO2/c1-5-16(6-2)11-12(3)15(17)13-7-9-14(18-4)10-8-13/h7-10,12H,5-6,11H2,1-4H3/t12-/m1/s1. The molecule has 0 saturated carbocycles. The number of nitrogens with zero attached hydrogens (tertiary/aromatic N) is 1. The van der Waals surface area contributed by atoms with E-state index < -0.39 is 0 Å². The minimum atomic E-state index is 0.0262. The third kappa shape index (κ3) is 3.84. The molecule has 0 unspecified atom stereocenters. The van der Waals surface area contributed by atoms with Gasteiger partial charge in [0, 0.05) is 18.0 Å². The summed E-state index contributed by atoms with van der Waals surface area (Å²) in [5.41, 5.74) is 0.760. The highest BCUT2D eigenvalue weighted by Crippen LogP contribution is 2.15. The fourth-order valence-electron chi connectivity index (χ4n) is 1.99. The minimum Gasteiger partial charge on any atom is -0.497 e. The number of ether oxygens (including phenoxy) is 1. The molecular weight excluding hydrogens is 226 g/mol. The highest BCUT2D eigenvalue weighted by Gasteiger charge is 2.17. The molecule has 0 aliphatic heterocycles. The Morgan fingerprint density at radius 3 is 2.22 bits per heavy atom. The number of benzene rings is 1. The van der Waals surface area contributed by atoms with E-state index in [4.69, 9.17) is 4.74 Å². The third-order valence-electron chi connectivity index (χ3n) is 3.25. The Kier molecular flexibility index (Phi) is 5.86. The largest absolute Gasteiger partial charge is 0.497 e. The van der Waals surface area contributed by atoms with E-state index in [0.717, 1.165) is 30.9 Å². The van der Waals surface area contributed by atoms with Gasteiger partial charge in [-0.25, -0.2) is 0 Å². The lowest BCUT2D eigenvalue weighted by atomic mass is 9.98. The first-order valence-corrected chi connectivity index (χ1v) is 6.53. The monoisotopic (exact) mass is 249 g/mol. The van der Waals surface area contributed by atoms with Crippen LogP contribution in [0, 0.1) is 5.92 Å². The molecule has 18 heavy (non-hydrogen) atoms. The molecule has 1 aromatic carbocycles. The van der Waals surface area contributed by atoms with Crippen molar-refractivity contribution in [2.75, 3.05) is 26.7 Å². The molecule has 1 aromatic rings. The maximum atomic E-state index is 12.2. The number of hydrogen-bond acceptors (Lipinski definition) is 3. The Morgan fingerprint density at radius 2 is 1.78 bits per heavy atom. The van der Waals surface area contributed by atoms with Crippen LogP contribution >= 0.6 is 0 Å². The van der Waals surface area contributed by atoms with Crippen molar-refractivity contribution in [1.82, 2.24) is 4.90 Å². The summed E-state index contributed by atoms with van der Waals surface area (Å²) >= 11 is 0. The summed E-state index contributed by atoms with van der Waals surface area (Å²) < 4.78 is 5.09. The highest BCUT2D eigenvalue weighted by molar-refractivity contribution is 5.97. The molecule has 0 aromatic heterocycles. The van der Waals surface area contributed by atoms with Gasteiger partial charge in [-0.05, 0) is 37.4 Å². The van der Waals surface area contributed by atoms with Crippen LogP contribution in [0.1, 0.15) is 31.1 Å². The lowest BCUT2D eigenvalue weighted by Crippen LogP contribution is -2.31. The first-order chi connectivity index (χ1) is 8.62. The number of carbonyl (C=O) groups excluding carboxylic acids is 1. The van der Waals surface area contributed by atoms with Crippen LogP contribution in [0.4, 0.5) is 0 Å². The summed E-state index contributed by atoms with van der Waals surface area (Å²) in [5.74, 6) is 1.01. The summed E-state index contributed by atoms with van der Waals surface area (Å²) in [4.78, 5) is 14.5. The van der Waals surface area contributed by atoms with Gasteiger partial charge in [-0.1, -0.05) is 20.8 Å². The van der Waals surface area contributed by atoms with Crippen molar-refractivity contribution in [3.63, 3.8) is 0 Å². The van der Waals surface area contributed by atoms with Gasteiger partial charge in [0.25, 0.3) is 0 Å². The second kappa shape index (κ2) is 7.17. The average Bonchev–Trinajstić information content (AvgIpc) is 2.43. The molecule has 3 heteroatoms. The molecule has 0 N–H and O–H groups in total. The fraction of sp³-hybridized carbons (Fsp3) is 0.533. The molecule has 0 bridgehead atoms. The SMILES string of the molecule is CCN(CC)C[C@@H](C)C(=O)c1ccc(OC)cc1. The smallest absolute Gasteiger partial charge is 0.166 e. The van der Waals surface area contributed by atoms with Gasteiger partial charge < -0.3 is 9.64 Å². The van der Waals surface area contributed by atoms with E-state index >= 15 is 0 Å². The van der Waals surface area contributed by atoms with Crippen molar-refractivity contribution in [1.29, 1.82) is 0 Å². The van der Waals surface area contributed by atoms with Gasteiger partial charge >= 0.3 is 0 Å². The summed E-state index contributed by atoms with van der Waals surface area (Å²) in [6.07, 6.45) is 0. The Bertz CT molecular complexity index is 369. The summed E-state index contributed by atoms with van der Waals surface area (Å²) in [7, 11) is 1.62. The van der Waals surface area contributed by atoms with Gasteiger partial charge in [0.15, 0.2) is 5.78 Å². The van der Waals surface area contributed by atoms with Crippen LogP contribution in [0.5, 0.6) is 5.75 Å². The molecule has 1 rings (SSSR count). The van der Waals surface area contributed by atoms with Gasteiger partial charge in [-0.2, -0.15) is 0 Å². The zero-order valence-corrected chi connectivity index (χ0v) is 11.8. The van der Waals surface area contributed by atoms with E-state index in [2.05, 4.69) is 18.7 Å². The maximum absolute atomic E-state index is 12.2. The lowest BCUT2D eigenvalue weighted by molar-refractivity contribution is 0.0898. The van der Waals surface area contributed by atoms with Crippen LogP contribution in [0.25, 0.3) is 0 Å². The number of rotatable bonds is 7. The Morgan fingerprint density at radius 1 is 1.22 bits per heavy atom. The summed E-state index contributed by atoms with van der Waals surface area (Å²) in [5, 5.41) is 0. The van der Waals surface area contributed by atoms with Crippen LogP contribution in [0.15, 0.2) is 24.3 Å². The van der Waals surface area contributed by atoms with E-state index in [-0.39, 0.29) is 11.7 Å². The van der Waals surface area contributed by atoms with Crippen LogP contribution in [0.2, 0.25) is 0 Å². The van der Waals surface area contributed by atoms with E-state index in [1.54, 1.807) is 7.11 Å². The van der Waals surface area contributed by atoms with Crippen LogP contribution in [-0.4, -0.2) is 37.4 Å². The van der Waals surface area contributed by atoms with Crippen molar-refractivity contribution in [2.45, 2.75) is 20.8 Å². The van der Waals surface area contributed by atoms with Gasteiger partial charge in [0.2, 0.25) is 0 Å². The Balaban J connectivity index is 2.67. The molecule has 0 saturated heterocycles. The van der Waals surface area contributed by atoms with Crippen molar-refractivity contribution >= 4 is 5.78 Å². The van der Waals surface area contributed by atoms with E-state index in [9.17, 15) is 4.79 Å². The number of ketones is 1.